The zero-order valence-corrected chi connectivity index (χ0v) is 17.5. The lowest BCUT2D eigenvalue weighted by molar-refractivity contribution is -0.129. The molecule has 2 aromatic rings. The number of nitrogens with one attached hydrogen (secondary N) is 1. The van der Waals surface area contributed by atoms with Crippen LogP contribution in [-0.4, -0.2) is 35.6 Å². The van der Waals surface area contributed by atoms with Crippen LogP contribution in [0.25, 0.3) is 0 Å². The van der Waals surface area contributed by atoms with Crippen molar-refractivity contribution in [1.82, 2.24) is 10.2 Å². The molecule has 0 aliphatic carbocycles. The summed E-state index contributed by atoms with van der Waals surface area (Å²) >= 11 is 5.19. The molecule has 1 saturated heterocycles. The van der Waals surface area contributed by atoms with E-state index in [1.165, 1.54) is 0 Å². The Morgan fingerprint density at radius 2 is 1.89 bits per heavy atom. The summed E-state index contributed by atoms with van der Waals surface area (Å²) < 4.78 is 1.05. The zero-order chi connectivity index (χ0) is 19.1. The van der Waals surface area contributed by atoms with Crippen LogP contribution in [0.3, 0.4) is 0 Å². The van der Waals surface area contributed by atoms with Crippen molar-refractivity contribution >= 4 is 39.5 Å². The van der Waals surface area contributed by atoms with Crippen molar-refractivity contribution in [3.8, 4) is 0 Å². The van der Waals surface area contributed by atoms with Gasteiger partial charge in [0, 0.05) is 41.1 Å². The first-order valence-corrected chi connectivity index (χ1v) is 10.9. The Labute approximate surface area is 172 Å². The van der Waals surface area contributed by atoms with Crippen LogP contribution in [0.15, 0.2) is 64.0 Å². The van der Waals surface area contributed by atoms with Gasteiger partial charge in [0.25, 0.3) is 0 Å². The molecule has 0 bridgehead atoms. The van der Waals surface area contributed by atoms with Gasteiger partial charge in [0.05, 0.1) is 6.04 Å². The molecule has 0 saturated carbocycles. The molecule has 1 heterocycles. The normalized spacial score (nSPS) is 15.0. The van der Waals surface area contributed by atoms with Crippen LogP contribution in [-0.2, 0) is 9.59 Å². The predicted molar refractivity (Wildman–Crippen MR) is 113 cm³/mol. The Kier molecular flexibility index (Phi) is 7.35. The van der Waals surface area contributed by atoms with Gasteiger partial charge in [0.1, 0.15) is 0 Å². The number of nitrogens with zero attached hydrogens (tertiary/aromatic N) is 1. The van der Waals surface area contributed by atoms with Crippen molar-refractivity contribution in [1.29, 1.82) is 0 Å². The number of carbonyl (C=O) groups excluding carboxylic acids is 2. The first-order chi connectivity index (χ1) is 13.1. The molecule has 0 radical (unpaired) electrons. The van der Waals surface area contributed by atoms with Gasteiger partial charge in [-0.2, -0.15) is 0 Å². The molecule has 1 aliphatic heterocycles. The molecule has 27 heavy (non-hydrogen) atoms. The van der Waals surface area contributed by atoms with E-state index in [-0.39, 0.29) is 17.9 Å². The van der Waals surface area contributed by atoms with Crippen LogP contribution in [0.4, 0.5) is 0 Å². The fourth-order valence-electron chi connectivity index (χ4n) is 3.12. The quantitative estimate of drug-likeness (QED) is 0.610. The average molecular weight is 447 g/mol. The summed E-state index contributed by atoms with van der Waals surface area (Å²) in [6.07, 6.45) is 1.94. The third-order valence-corrected chi connectivity index (χ3v) is 6.56. The number of carbonyl (C=O) groups is 2. The van der Waals surface area contributed by atoms with Crippen LogP contribution in [0.5, 0.6) is 0 Å². The third-order valence-electron chi connectivity index (χ3n) is 4.53. The van der Waals surface area contributed by atoms with E-state index in [0.29, 0.717) is 25.1 Å². The van der Waals surface area contributed by atoms with E-state index < -0.39 is 0 Å². The number of thioether (sulfide) groups is 1. The highest BCUT2D eigenvalue weighted by Gasteiger charge is 2.25. The molecule has 1 unspecified atom stereocenters. The SMILES string of the molecule is O=C(CCSc1ccccc1Br)NC(CN1CCCC1=O)c1ccccc1. The van der Waals surface area contributed by atoms with Gasteiger partial charge in [-0.15, -0.1) is 11.8 Å². The standard InChI is InChI=1S/C21H23BrN2O2S/c22-17-9-4-5-10-19(17)27-14-12-20(25)23-18(16-7-2-1-3-8-16)15-24-13-6-11-21(24)26/h1-5,7-10,18H,6,11-15H2,(H,23,25). The minimum absolute atomic E-state index is 0.00931. The highest BCUT2D eigenvalue weighted by atomic mass is 79.9. The summed E-state index contributed by atoms with van der Waals surface area (Å²) in [4.78, 5) is 27.5. The lowest BCUT2D eigenvalue weighted by atomic mass is 10.1. The maximum Gasteiger partial charge on any atom is 0.222 e. The number of rotatable bonds is 8. The Bertz CT molecular complexity index is 785. The molecule has 1 aliphatic rings. The second kappa shape index (κ2) is 9.95. The molecule has 0 aromatic heterocycles. The summed E-state index contributed by atoms with van der Waals surface area (Å²) in [6.45, 7) is 1.31. The van der Waals surface area contributed by atoms with Crippen molar-refractivity contribution in [2.24, 2.45) is 0 Å². The van der Waals surface area contributed by atoms with E-state index >= 15 is 0 Å². The predicted octanol–water partition coefficient (Wildman–Crippen LogP) is 4.41. The monoisotopic (exact) mass is 446 g/mol. The molecular weight excluding hydrogens is 424 g/mol. The maximum atomic E-state index is 12.5. The fraction of sp³-hybridized carbons (Fsp3) is 0.333. The van der Waals surface area contributed by atoms with Gasteiger partial charge < -0.3 is 10.2 Å². The maximum absolute atomic E-state index is 12.5. The van der Waals surface area contributed by atoms with E-state index in [0.717, 1.165) is 27.9 Å². The van der Waals surface area contributed by atoms with Crippen LogP contribution < -0.4 is 5.32 Å². The second-order valence-corrected chi connectivity index (χ2v) is 8.49. The summed E-state index contributed by atoms with van der Waals surface area (Å²) in [7, 11) is 0. The first-order valence-electron chi connectivity index (χ1n) is 9.13. The molecule has 1 fully saturated rings. The number of hydrogen-bond donors (Lipinski definition) is 1. The summed E-state index contributed by atoms with van der Waals surface area (Å²) in [5.41, 5.74) is 1.03. The highest BCUT2D eigenvalue weighted by Crippen LogP contribution is 2.27. The molecule has 142 valence electrons. The average Bonchev–Trinajstić information content (AvgIpc) is 3.08. The van der Waals surface area contributed by atoms with Crippen molar-refractivity contribution in [3.05, 3.63) is 64.6 Å². The Hall–Kier alpha value is -1.79. The van der Waals surface area contributed by atoms with Gasteiger partial charge in [0.15, 0.2) is 0 Å². The summed E-state index contributed by atoms with van der Waals surface area (Å²) in [5, 5.41) is 3.12. The molecule has 2 aromatic carbocycles. The lowest BCUT2D eigenvalue weighted by Crippen LogP contribution is -2.38. The Balaban J connectivity index is 1.57. The number of likely N-dealkylation sites (tertiary alicyclic amines) is 1. The van der Waals surface area contributed by atoms with Gasteiger partial charge in [-0.3, -0.25) is 9.59 Å². The van der Waals surface area contributed by atoms with Crippen molar-refractivity contribution < 1.29 is 9.59 Å². The van der Waals surface area contributed by atoms with Gasteiger partial charge >= 0.3 is 0 Å². The molecule has 3 rings (SSSR count). The number of amides is 2. The van der Waals surface area contributed by atoms with E-state index in [1.54, 1.807) is 11.8 Å². The van der Waals surface area contributed by atoms with E-state index in [4.69, 9.17) is 0 Å². The molecular formula is C21H23BrN2O2S. The second-order valence-electron chi connectivity index (χ2n) is 6.50. The third kappa shape index (κ3) is 5.84. The van der Waals surface area contributed by atoms with Gasteiger partial charge in [-0.25, -0.2) is 0 Å². The first kappa shape index (κ1) is 20.0. The molecule has 6 heteroatoms. The van der Waals surface area contributed by atoms with Crippen molar-refractivity contribution in [3.63, 3.8) is 0 Å². The van der Waals surface area contributed by atoms with Crippen molar-refractivity contribution in [2.45, 2.75) is 30.2 Å². The molecule has 0 spiro atoms. The number of benzene rings is 2. The smallest absolute Gasteiger partial charge is 0.222 e. The van der Waals surface area contributed by atoms with Crippen LogP contribution in [0, 0.1) is 0 Å². The van der Waals surface area contributed by atoms with Gasteiger partial charge in [-0.05, 0) is 40.0 Å². The minimum atomic E-state index is -0.172. The topological polar surface area (TPSA) is 49.4 Å². The Morgan fingerprint density at radius 3 is 2.59 bits per heavy atom. The highest BCUT2D eigenvalue weighted by molar-refractivity contribution is 9.10. The molecule has 1 atom stereocenters. The fourth-order valence-corrected chi connectivity index (χ4v) is 4.64. The zero-order valence-electron chi connectivity index (χ0n) is 15.1. The van der Waals surface area contributed by atoms with Gasteiger partial charge in [-0.1, -0.05) is 42.5 Å². The lowest BCUT2D eigenvalue weighted by Gasteiger charge is -2.25. The van der Waals surface area contributed by atoms with Crippen LogP contribution in [0.1, 0.15) is 30.9 Å². The minimum Gasteiger partial charge on any atom is -0.347 e. The van der Waals surface area contributed by atoms with Crippen molar-refractivity contribution in [2.75, 3.05) is 18.8 Å². The Morgan fingerprint density at radius 1 is 1.15 bits per heavy atom. The molecule has 2 amide bonds. The van der Waals surface area contributed by atoms with Crippen LogP contribution >= 0.6 is 27.7 Å². The molecule has 1 N–H and O–H groups in total. The summed E-state index contributed by atoms with van der Waals surface area (Å²) in [6, 6.07) is 17.7. The van der Waals surface area contributed by atoms with E-state index in [9.17, 15) is 9.59 Å². The number of halogens is 1. The van der Waals surface area contributed by atoms with Gasteiger partial charge in [0.2, 0.25) is 11.8 Å². The van der Waals surface area contributed by atoms with E-state index in [1.807, 2.05) is 59.5 Å². The largest absolute Gasteiger partial charge is 0.347 e. The summed E-state index contributed by atoms with van der Waals surface area (Å²) in [5.74, 6) is 0.892. The molecule has 4 nitrogen and oxygen atoms in total. The number of hydrogen-bond acceptors (Lipinski definition) is 3. The van der Waals surface area contributed by atoms with E-state index in [2.05, 4.69) is 21.2 Å². The van der Waals surface area contributed by atoms with Crippen LogP contribution in [0.2, 0.25) is 0 Å².